The summed E-state index contributed by atoms with van der Waals surface area (Å²) < 4.78 is 1.80. The highest BCUT2D eigenvalue weighted by molar-refractivity contribution is 7.99. The molecule has 134 valence electrons. The number of rotatable bonds is 6. The summed E-state index contributed by atoms with van der Waals surface area (Å²) in [5.41, 5.74) is 3.17. The van der Waals surface area contributed by atoms with E-state index in [0.29, 0.717) is 11.9 Å². The van der Waals surface area contributed by atoms with Crippen LogP contribution < -0.4 is 5.56 Å². The van der Waals surface area contributed by atoms with Crippen LogP contribution in [0.25, 0.3) is 10.9 Å². The van der Waals surface area contributed by atoms with Gasteiger partial charge >= 0.3 is 0 Å². The van der Waals surface area contributed by atoms with Gasteiger partial charge < -0.3 is 0 Å². The van der Waals surface area contributed by atoms with E-state index in [9.17, 15) is 4.79 Å². The van der Waals surface area contributed by atoms with E-state index < -0.39 is 0 Å². The van der Waals surface area contributed by atoms with E-state index in [1.807, 2.05) is 60.7 Å². The van der Waals surface area contributed by atoms with Gasteiger partial charge in [-0.3, -0.25) is 9.36 Å². The standard InChI is InChI=1S/C23H20N2OS/c26-22-20-13-7-8-14-21(20)24-23(25(22)17-19-11-5-2-6-12-19)27-16-15-18-9-3-1-4-10-18/h1-14H,15-17H2. The van der Waals surface area contributed by atoms with Crippen molar-refractivity contribution in [3.8, 4) is 0 Å². The number of benzene rings is 3. The third-order valence-electron chi connectivity index (χ3n) is 4.47. The third-order valence-corrected chi connectivity index (χ3v) is 5.45. The number of aromatic nitrogens is 2. The molecule has 0 bridgehead atoms. The van der Waals surface area contributed by atoms with E-state index in [0.717, 1.165) is 28.4 Å². The number of para-hydroxylation sites is 1. The van der Waals surface area contributed by atoms with Crippen LogP contribution in [0, 0.1) is 0 Å². The molecule has 0 aliphatic rings. The number of hydrogen-bond acceptors (Lipinski definition) is 3. The third kappa shape index (κ3) is 4.12. The van der Waals surface area contributed by atoms with Gasteiger partial charge in [-0.15, -0.1) is 0 Å². The van der Waals surface area contributed by atoms with E-state index in [2.05, 4.69) is 24.3 Å². The monoisotopic (exact) mass is 372 g/mol. The highest BCUT2D eigenvalue weighted by Crippen LogP contribution is 2.20. The Kier molecular flexibility index (Phi) is 5.35. The Labute approximate surface area is 162 Å². The number of aryl methyl sites for hydroxylation is 1. The molecule has 27 heavy (non-hydrogen) atoms. The number of thioether (sulfide) groups is 1. The smallest absolute Gasteiger partial charge is 0.262 e. The second kappa shape index (κ2) is 8.23. The van der Waals surface area contributed by atoms with Gasteiger partial charge in [-0.05, 0) is 29.7 Å². The van der Waals surface area contributed by atoms with E-state index in [1.54, 1.807) is 16.3 Å². The first-order chi connectivity index (χ1) is 13.3. The normalized spacial score (nSPS) is 11.0. The van der Waals surface area contributed by atoms with Crippen LogP contribution >= 0.6 is 11.8 Å². The molecule has 0 saturated carbocycles. The van der Waals surface area contributed by atoms with E-state index in [-0.39, 0.29) is 5.56 Å². The van der Waals surface area contributed by atoms with E-state index in [1.165, 1.54) is 5.56 Å². The molecule has 1 aromatic heterocycles. The van der Waals surface area contributed by atoms with E-state index in [4.69, 9.17) is 4.98 Å². The molecule has 3 nitrogen and oxygen atoms in total. The fraction of sp³-hybridized carbons (Fsp3) is 0.130. The largest absolute Gasteiger partial charge is 0.283 e. The van der Waals surface area contributed by atoms with Crippen LogP contribution in [0.3, 0.4) is 0 Å². The highest BCUT2D eigenvalue weighted by Gasteiger charge is 2.12. The molecule has 0 aliphatic heterocycles. The predicted molar refractivity (Wildman–Crippen MR) is 112 cm³/mol. The molecular weight excluding hydrogens is 352 g/mol. The quantitative estimate of drug-likeness (QED) is 0.361. The van der Waals surface area contributed by atoms with Gasteiger partial charge in [0.25, 0.3) is 5.56 Å². The van der Waals surface area contributed by atoms with Gasteiger partial charge in [0, 0.05) is 5.75 Å². The second-order valence-electron chi connectivity index (χ2n) is 6.37. The maximum absolute atomic E-state index is 13.1. The first kappa shape index (κ1) is 17.6. The topological polar surface area (TPSA) is 34.9 Å². The van der Waals surface area contributed by atoms with Gasteiger partial charge in [0.05, 0.1) is 17.4 Å². The Morgan fingerprint density at radius 2 is 1.41 bits per heavy atom. The van der Waals surface area contributed by atoms with Gasteiger partial charge in [0.15, 0.2) is 5.16 Å². The molecule has 4 rings (SSSR count). The second-order valence-corrected chi connectivity index (χ2v) is 7.43. The number of fused-ring (bicyclic) bond motifs is 1. The molecule has 0 radical (unpaired) electrons. The number of nitrogens with zero attached hydrogens (tertiary/aromatic N) is 2. The summed E-state index contributed by atoms with van der Waals surface area (Å²) in [7, 11) is 0. The van der Waals surface area contributed by atoms with Crippen LogP contribution in [0.4, 0.5) is 0 Å². The van der Waals surface area contributed by atoms with Crippen molar-refractivity contribution in [2.45, 2.75) is 18.1 Å². The van der Waals surface area contributed by atoms with Crippen LogP contribution in [-0.4, -0.2) is 15.3 Å². The Morgan fingerprint density at radius 3 is 2.15 bits per heavy atom. The van der Waals surface area contributed by atoms with Gasteiger partial charge in [0.2, 0.25) is 0 Å². The molecule has 4 aromatic rings. The van der Waals surface area contributed by atoms with Crippen molar-refractivity contribution in [3.63, 3.8) is 0 Å². The van der Waals surface area contributed by atoms with Crippen molar-refractivity contribution in [2.24, 2.45) is 0 Å². The average Bonchev–Trinajstić information content (AvgIpc) is 2.72. The van der Waals surface area contributed by atoms with Crippen LogP contribution in [0.1, 0.15) is 11.1 Å². The molecule has 0 fully saturated rings. The predicted octanol–water partition coefficient (Wildman–Crippen LogP) is 4.78. The maximum atomic E-state index is 13.1. The molecule has 0 unspecified atom stereocenters. The lowest BCUT2D eigenvalue weighted by Crippen LogP contribution is -2.24. The Balaban J connectivity index is 1.66. The Hall–Kier alpha value is -2.85. The van der Waals surface area contributed by atoms with Crippen molar-refractivity contribution in [1.29, 1.82) is 0 Å². The minimum Gasteiger partial charge on any atom is -0.283 e. The molecule has 0 spiro atoms. The first-order valence-electron chi connectivity index (χ1n) is 9.01. The summed E-state index contributed by atoms with van der Waals surface area (Å²) in [6.45, 7) is 0.533. The zero-order chi connectivity index (χ0) is 18.5. The summed E-state index contributed by atoms with van der Waals surface area (Å²) in [6, 6.07) is 28.0. The highest BCUT2D eigenvalue weighted by atomic mass is 32.2. The van der Waals surface area contributed by atoms with Crippen molar-refractivity contribution in [3.05, 3.63) is 106 Å². The van der Waals surface area contributed by atoms with E-state index >= 15 is 0 Å². The molecule has 0 atom stereocenters. The molecule has 0 N–H and O–H groups in total. The molecule has 0 aliphatic carbocycles. The fourth-order valence-corrected chi connectivity index (χ4v) is 4.05. The molecule has 4 heteroatoms. The Bertz CT molecular complexity index is 1090. The zero-order valence-corrected chi connectivity index (χ0v) is 15.7. The lowest BCUT2D eigenvalue weighted by atomic mass is 10.2. The van der Waals surface area contributed by atoms with Crippen molar-refractivity contribution < 1.29 is 0 Å². The summed E-state index contributed by atoms with van der Waals surface area (Å²) in [6.07, 6.45) is 0.944. The molecule has 3 aromatic carbocycles. The SMILES string of the molecule is O=c1c2ccccc2nc(SCCc2ccccc2)n1Cc1ccccc1. The minimum absolute atomic E-state index is 0.0201. The van der Waals surface area contributed by atoms with Crippen LogP contribution in [0.15, 0.2) is 94.9 Å². The maximum Gasteiger partial charge on any atom is 0.262 e. The zero-order valence-electron chi connectivity index (χ0n) is 14.9. The summed E-state index contributed by atoms with van der Waals surface area (Å²) in [5, 5.41) is 1.44. The summed E-state index contributed by atoms with van der Waals surface area (Å²) in [4.78, 5) is 17.9. The Morgan fingerprint density at radius 1 is 0.778 bits per heavy atom. The minimum atomic E-state index is 0.0201. The van der Waals surface area contributed by atoms with Gasteiger partial charge in [-0.1, -0.05) is 84.6 Å². The summed E-state index contributed by atoms with van der Waals surface area (Å²) >= 11 is 1.64. The van der Waals surface area contributed by atoms with Crippen LogP contribution in [0.2, 0.25) is 0 Å². The number of hydrogen-bond donors (Lipinski definition) is 0. The van der Waals surface area contributed by atoms with Gasteiger partial charge in [-0.25, -0.2) is 4.98 Å². The molecule has 0 amide bonds. The lowest BCUT2D eigenvalue weighted by Gasteiger charge is -2.13. The van der Waals surface area contributed by atoms with Crippen molar-refractivity contribution >= 4 is 22.7 Å². The van der Waals surface area contributed by atoms with Crippen LogP contribution in [-0.2, 0) is 13.0 Å². The average molecular weight is 372 g/mol. The molecular formula is C23H20N2OS. The molecule has 1 heterocycles. The van der Waals surface area contributed by atoms with Crippen molar-refractivity contribution in [2.75, 3.05) is 5.75 Å². The van der Waals surface area contributed by atoms with Gasteiger partial charge in [-0.2, -0.15) is 0 Å². The summed E-state index contributed by atoms with van der Waals surface area (Å²) in [5.74, 6) is 0.879. The van der Waals surface area contributed by atoms with Crippen LogP contribution in [0.5, 0.6) is 0 Å². The fourth-order valence-electron chi connectivity index (χ4n) is 3.07. The van der Waals surface area contributed by atoms with Crippen molar-refractivity contribution in [1.82, 2.24) is 9.55 Å². The lowest BCUT2D eigenvalue weighted by molar-refractivity contribution is 0.658. The first-order valence-corrected chi connectivity index (χ1v) is 10.00. The molecule has 0 saturated heterocycles. The van der Waals surface area contributed by atoms with Gasteiger partial charge in [0.1, 0.15) is 0 Å².